The maximum atomic E-state index is 13.1. The summed E-state index contributed by atoms with van der Waals surface area (Å²) in [5.41, 5.74) is 0.816. The van der Waals surface area contributed by atoms with Gasteiger partial charge in [0.1, 0.15) is 17.4 Å². The first kappa shape index (κ1) is 20.4. The summed E-state index contributed by atoms with van der Waals surface area (Å²) in [5, 5.41) is 6.64. The molecule has 0 spiro atoms. The van der Waals surface area contributed by atoms with Gasteiger partial charge in [-0.2, -0.15) is 4.98 Å². The predicted octanol–water partition coefficient (Wildman–Crippen LogP) is 4.17. The van der Waals surface area contributed by atoms with E-state index in [1.165, 1.54) is 0 Å². The van der Waals surface area contributed by atoms with Crippen LogP contribution in [0.5, 0.6) is 5.75 Å². The average molecular weight is 401 g/mol. The summed E-state index contributed by atoms with van der Waals surface area (Å²) in [7, 11) is 1.61. The van der Waals surface area contributed by atoms with Crippen LogP contribution in [0.15, 0.2) is 47.0 Å². The molecule has 0 fully saturated rings. The second-order valence-corrected chi connectivity index (χ2v) is 6.46. The van der Waals surface area contributed by atoms with Gasteiger partial charge in [0.15, 0.2) is 0 Å². The van der Waals surface area contributed by atoms with E-state index >= 15 is 0 Å². The molecule has 0 aliphatic rings. The number of unbranched alkanes of at least 4 members (excludes halogenated alkanes) is 2. The summed E-state index contributed by atoms with van der Waals surface area (Å²) >= 11 is 0. The lowest BCUT2D eigenvalue weighted by Crippen LogP contribution is -2.24. The van der Waals surface area contributed by atoms with Crippen LogP contribution in [-0.4, -0.2) is 29.7 Å². The molecule has 3 rings (SSSR count). The topological polar surface area (TPSA) is 77.3 Å². The molecular formula is C21H21F2N3O3. The van der Waals surface area contributed by atoms with Gasteiger partial charge in [0.05, 0.1) is 7.11 Å². The standard InChI is InChI=1S/C21H21F2N3O3/c1-28-18-8-6-14(7-9-18)20-25-19(29-26-20)5-3-2-4-10-24-21(27)15-11-16(22)13-17(23)12-15/h6-9,11-13H,2-5,10H2,1H3,(H,24,27). The van der Waals surface area contributed by atoms with Crippen LogP contribution in [0.4, 0.5) is 8.78 Å². The van der Waals surface area contributed by atoms with E-state index in [9.17, 15) is 13.6 Å². The minimum atomic E-state index is -0.774. The number of hydrogen-bond acceptors (Lipinski definition) is 5. The molecule has 0 unspecified atom stereocenters. The number of hydrogen-bond donors (Lipinski definition) is 1. The van der Waals surface area contributed by atoms with Crippen molar-refractivity contribution in [3.63, 3.8) is 0 Å². The highest BCUT2D eigenvalue weighted by atomic mass is 19.1. The van der Waals surface area contributed by atoms with E-state index in [0.29, 0.717) is 24.7 Å². The first-order valence-electron chi connectivity index (χ1n) is 9.26. The van der Waals surface area contributed by atoms with Crippen LogP contribution in [0.3, 0.4) is 0 Å². The molecule has 0 aliphatic heterocycles. The number of nitrogens with one attached hydrogen (secondary N) is 1. The van der Waals surface area contributed by atoms with Crippen LogP contribution in [0.2, 0.25) is 0 Å². The Morgan fingerprint density at radius 1 is 1.07 bits per heavy atom. The number of aryl methyl sites for hydroxylation is 1. The van der Waals surface area contributed by atoms with Crippen molar-refractivity contribution in [3.8, 4) is 17.1 Å². The molecule has 0 aliphatic carbocycles. The van der Waals surface area contributed by atoms with Gasteiger partial charge in [0.25, 0.3) is 5.91 Å². The van der Waals surface area contributed by atoms with Crippen molar-refractivity contribution in [2.45, 2.75) is 25.7 Å². The van der Waals surface area contributed by atoms with Crippen molar-refractivity contribution in [1.82, 2.24) is 15.5 Å². The van der Waals surface area contributed by atoms with Gasteiger partial charge in [-0.15, -0.1) is 0 Å². The van der Waals surface area contributed by atoms with Gasteiger partial charge in [-0.3, -0.25) is 4.79 Å². The molecule has 8 heteroatoms. The molecular weight excluding hydrogens is 380 g/mol. The van der Waals surface area contributed by atoms with Crippen molar-refractivity contribution in [1.29, 1.82) is 0 Å². The van der Waals surface area contributed by atoms with Gasteiger partial charge in [-0.05, 0) is 49.2 Å². The normalized spacial score (nSPS) is 10.7. The lowest BCUT2D eigenvalue weighted by molar-refractivity contribution is 0.0952. The van der Waals surface area contributed by atoms with Crippen LogP contribution in [0, 0.1) is 11.6 Å². The van der Waals surface area contributed by atoms with E-state index < -0.39 is 17.5 Å². The zero-order valence-electron chi connectivity index (χ0n) is 16.0. The molecule has 0 bridgehead atoms. The van der Waals surface area contributed by atoms with Crippen LogP contribution in [0.25, 0.3) is 11.4 Å². The smallest absolute Gasteiger partial charge is 0.251 e. The van der Waals surface area contributed by atoms with Crippen molar-refractivity contribution < 1.29 is 22.8 Å². The molecule has 1 amide bonds. The molecule has 1 N–H and O–H groups in total. The van der Waals surface area contributed by atoms with Gasteiger partial charge in [0, 0.05) is 30.2 Å². The minimum Gasteiger partial charge on any atom is -0.497 e. The van der Waals surface area contributed by atoms with E-state index in [-0.39, 0.29) is 5.56 Å². The first-order valence-corrected chi connectivity index (χ1v) is 9.26. The molecule has 2 aromatic carbocycles. The average Bonchev–Trinajstić information content (AvgIpc) is 3.18. The predicted molar refractivity (Wildman–Crippen MR) is 103 cm³/mol. The lowest BCUT2D eigenvalue weighted by Gasteiger charge is -2.05. The number of ether oxygens (including phenoxy) is 1. The summed E-state index contributed by atoms with van der Waals surface area (Å²) in [6.07, 6.45) is 3.00. The third-order valence-corrected chi connectivity index (χ3v) is 4.29. The van der Waals surface area contributed by atoms with Crippen LogP contribution in [-0.2, 0) is 6.42 Å². The highest BCUT2D eigenvalue weighted by Gasteiger charge is 2.10. The Kier molecular flexibility index (Phi) is 6.89. The number of aromatic nitrogens is 2. The fourth-order valence-electron chi connectivity index (χ4n) is 2.78. The third kappa shape index (κ3) is 5.84. The van der Waals surface area contributed by atoms with E-state index in [4.69, 9.17) is 9.26 Å². The zero-order chi connectivity index (χ0) is 20.6. The summed E-state index contributed by atoms with van der Waals surface area (Å²) < 4.78 is 36.7. The fourth-order valence-corrected chi connectivity index (χ4v) is 2.78. The third-order valence-electron chi connectivity index (χ3n) is 4.29. The quantitative estimate of drug-likeness (QED) is 0.545. The molecule has 0 radical (unpaired) electrons. The van der Waals surface area contributed by atoms with E-state index in [1.807, 2.05) is 24.3 Å². The molecule has 152 valence electrons. The van der Waals surface area contributed by atoms with Crippen molar-refractivity contribution in [2.24, 2.45) is 0 Å². The SMILES string of the molecule is COc1ccc(-c2noc(CCCCCNC(=O)c3cc(F)cc(F)c3)n2)cc1. The van der Waals surface area contributed by atoms with Crippen LogP contribution >= 0.6 is 0 Å². The number of halogens is 2. The summed E-state index contributed by atoms with van der Waals surface area (Å²) in [6, 6.07) is 10.1. The maximum Gasteiger partial charge on any atom is 0.251 e. The van der Waals surface area contributed by atoms with Gasteiger partial charge < -0.3 is 14.6 Å². The Bertz CT molecular complexity index is 938. The largest absolute Gasteiger partial charge is 0.497 e. The number of benzene rings is 2. The van der Waals surface area contributed by atoms with Gasteiger partial charge >= 0.3 is 0 Å². The summed E-state index contributed by atoms with van der Waals surface area (Å²) in [4.78, 5) is 16.3. The Hall–Kier alpha value is -3.29. The Morgan fingerprint density at radius 3 is 2.48 bits per heavy atom. The first-order chi connectivity index (χ1) is 14.0. The fraction of sp³-hybridized carbons (Fsp3) is 0.286. The van der Waals surface area contributed by atoms with E-state index in [1.54, 1.807) is 7.11 Å². The minimum absolute atomic E-state index is 0.0283. The second kappa shape index (κ2) is 9.77. The number of carbonyl (C=O) groups excluding carboxylic acids is 1. The summed E-state index contributed by atoms with van der Waals surface area (Å²) in [5.74, 6) is -0.212. The van der Waals surface area contributed by atoms with Crippen molar-refractivity contribution >= 4 is 5.91 Å². The van der Waals surface area contributed by atoms with Crippen molar-refractivity contribution in [3.05, 3.63) is 65.6 Å². The van der Waals surface area contributed by atoms with Crippen LogP contribution in [0.1, 0.15) is 35.5 Å². The number of amides is 1. The van der Waals surface area contributed by atoms with E-state index in [0.717, 1.165) is 48.8 Å². The number of carbonyl (C=O) groups is 1. The molecule has 29 heavy (non-hydrogen) atoms. The Labute approximate surface area is 166 Å². The molecule has 0 saturated carbocycles. The number of methoxy groups -OCH3 is 1. The Morgan fingerprint density at radius 2 is 1.79 bits per heavy atom. The summed E-state index contributed by atoms with van der Waals surface area (Å²) in [6.45, 7) is 0.415. The van der Waals surface area contributed by atoms with Gasteiger partial charge in [-0.1, -0.05) is 11.6 Å². The molecule has 0 saturated heterocycles. The van der Waals surface area contributed by atoms with Crippen molar-refractivity contribution in [2.75, 3.05) is 13.7 Å². The highest BCUT2D eigenvalue weighted by Crippen LogP contribution is 2.20. The molecule has 3 aromatic rings. The lowest BCUT2D eigenvalue weighted by atomic mass is 10.1. The Balaban J connectivity index is 1.37. The number of nitrogens with zero attached hydrogens (tertiary/aromatic N) is 2. The zero-order valence-corrected chi connectivity index (χ0v) is 16.0. The number of rotatable bonds is 9. The van der Waals surface area contributed by atoms with E-state index in [2.05, 4.69) is 15.5 Å². The van der Waals surface area contributed by atoms with Crippen LogP contribution < -0.4 is 10.1 Å². The molecule has 1 heterocycles. The molecule has 0 atom stereocenters. The van der Waals surface area contributed by atoms with Gasteiger partial charge in [0.2, 0.25) is 11.7 Å². The monoisotopic (exact) mass is 401 g/mol. The van der Waals surface area contributed by atoms with Gasteiger partial charge in [-0.25, -0.2) is 8.78 Å². The molecule has 1 aromatic heterocycles. The maximum absolute atomic E-state index is 13.1. The highest BCUT2D eigenvalue weighted by molar-refractivity contribution is 5.94. The second-order valence-electron chi connectivity index (χ2n) is 6.46. The molecule has 6 nitrogen and oxygen atoms in total.